The minimum absolute atomic E-state index is 0.0213. The Morgan fingerprint density at radius 3 is 2.06 bits per heavy atom. The van der Waals surface area contributed by atoms with Gasteiger partial charge in [-0.25, -0.2) is 16.8 Å². The van der Waals surface area contributed by atoms with Crippen LogP contribution >= 0.6 is 0 Å². The molecule has 0 saturated carbocycles. The van der Waals surface area contributed by atoms with E-state index in [9.17, 15) is 30.4 Å². The van der Waals surface area contributed by atoms with Gasteiger partial charge in [-0.15, -0.1) is 0 Å². The fourth-order valence-corrected chi connectivity index (χ4v) is 5.55. The Labute approximate surface area is 180 Å². The predicted octanol–water partition coefficient (Wildman–Crippen LogP) is 3.50. The number of hydrogen-bond donors (Lipinski definition) is 1. The van der Waals surface area contributed by atoms with Crippen molar-refractivity contribution in [2.45, 2.75) is 41.2 Å². The van der Waals surface area contributed by atoms with E-state index in [-0.39, 0.29) is 16.1 Å². The number of nitrogens with zero attached hydrogens (tertiary/aromatic N) is 1. The van der Waals surface area contributed by atoms with Crippen LogP contribution in [0.4, 0.5) is 14.5 Å². The van der Waals surface area contributed by atoms with Crippen molar-refractivity contribution in [3.8, 4) is 0 Å². The molecule has 3 rings (SSSR count). The van der Waals surface area contributed by atoms with Crippen molar-refractivity contribution in [2.24, 2.45) is 0 Å². The van der Waals surface area contributed by atoms with Gasteiger partial charge >= 0.3 is 5.76 Å². The van der Waals surface area contributed by atoms with Gasteiger partial charge in [-0.1, -0.05) is 18.9 Å². The number of rotatable bonds is 6. The van der Waals surface area contributed by atoms with E-state index in [1.54, 1.807) is 0 Å². The van der Waals surface area contributed by atoms with E-state index in [1.165, 1.54) is 40.7 Å². The number of sulfone groups is 1. The number of alkyl halides is 2. The van der Waals surface area contributed by atoms with Gasteiger partial charge in [-0.2, -0.15) is 13.1 Å². The summed E-state index contributed by atoms with van der Waals surface area (Å²) in [6.45, 7) is 0.922. The third-order valence-electron chi connectivity index (χ3n) is 4.97. The first-order valence-corrected chi connectivity index (χ1v) is 12.6. The molecule has 7 nitrogen and oxygen atoms in total. The zero-order chi connectivity index (χ0) is 22.6. The Morgan fingerprint density at radius 1 is 0.871 bits per heavy atom. The number of anilines is 1. The summed E-state index contributed by atoms with van der Waals surface area (Å²) in [4.78, 5) is 11.9. The summed E-state index contributed by atoms with van der Waals surface area (Å²) in [6.07, 6.45) is 3.59. The second-order valence-corrected chi connectivity index (χ2v) is 11.0. The van der Waals surface area contributed by atoms with Crippen molar-refractivity contribution < 1.29 is 30.4 Å². The first-order chi connectivity index (χ1) is 14.6. The van der Waals surface area contributed by atoms with Crippen LogP contribution in [-0.4, -0.2) is 45.9 Å². The van der Waals surface area contributed by atoms with Crippen LogP contribution in [0.5, 0.6) is 0 Å². The molecule has 1 saturated heterocycles. The molecule has 0 aromatic heterocycles. The van der Waals surface area contributed by atoms with Crippen molar-refractivity contribution in [3.63, 3.8) is 0 Å². The number of sulfonamides is 1. The van der Waals surface area contributed by atoms with Gasteiger partial charge in [0.25, 0.3) is 5.91 Å². The molecule has 1 fully saturated rings. The van der Waals surface area contributed by atoms with Gasteiger partial charge in [0.1, 0.15) is 0 Å². The smallest absolute Gasteiger partial charge is 0.322 e. The van der Waals surface area contributed by atoms with Gasteiger partial charge in [0.2, 0.25) is 19.9 Å². The zero-order valence-corrected chi connectivity index (χ0v) is 18.1. The highest BCUT2D eigenvalue weighted by atomic mass is 32.2. The van der Waals surface area contributed by atoms with Gasteiger partial charge in [0, 0.05) is 24.3 Å². The van der Waals surface area contributed by atoms with Gasteiger partial charge in [0.05, 0.1) is 9.79 Å². The maximum atomic E-state index is 12.8. The van der Waals surface area contributed by atoms with Crippen LogP contribution in [0.15, 0.2) is 58.3 Å². The fraction of sp³-hybridized carbons (Fsp3) is 0.350. The fourth-order valence-electron chi connectivity index (χ4n) is 3.27. The Hall–Kier alpha value is -2.37. The van der Waals surface area contributed by atoms with Crippen molar-refractivity contribution in [1.29, 1.82) is 0 Å². The van der Waals surface area contributed by atoms with E-state index in [2.05, 4.69) is 5.32 Å². The molecule has 0 atom stereocenters. The highest BCUT2D eigenvalue weighted by Gasteiger charge is 2.27. The van der Waals surface area contributed by atoms with Crippen LogP contribution in [0.3, 0.4) is 0 Å². The lowest BCUT2D eigenvalue weighted by Crippen LogP contribution is -2.31. The third-order valence-corrected chi connectivity index (χ3v) is 8.27. The van der Waals surface area contributed by atoms with E-state index in [0.29, 0.717) is 13.1 Å². The maximum absolute atomic E-state index is 12.8. The number of benzene rings is 2. The van der Waals surface area contributed by atoms with Gasteiger partial charge in [-0.05, 0) is 55.3 Å². The van der Waals surface area contributed by atoms with Crippen LogP contribution in [0, 0.1) is 0 Å². The van der Waals surface area contributed by atoms with Crippen molar-refractivity contribution >= 4 is 31.5 Å². The summed E-state index contributed by atoms with van der Waals surface area (Å²) in [6, 6.07) is 9.93. The number of nitrogens with one attached hydrogen (secondary N) is 1. The van der Waals surface area contributed by atoms with Crippen molar-refractivity contribution in [2.75, 3.05) is 18.4 Å². The van der Waals surface area contributed by atoms with E-state index in [0.717, 1.165) is 37.8 Å². The Balaban J connectivity index is 1.75. The van der Waals surface area contributed by atoms with Gasteiger partial charge in [-0.3, -0.25) is 4.79 Å². The van der Waals surface area contributed by atoms with Crippen LogP contribution < -0.4 is 5.32 Å². The molecule has 2 aromatic carbocycles. The van der Waals surface area contributed by atoms with E-state index in [4.69, 9.17) is 0 Å². The molecule has 2 aromatic rings. The van der Waals surface area contributed by atoms with Crippen LogP contribution in [0.25, 0.3) is 0 Å². The molecule has 0 aliphatic carbocycles. The average molecular weight is 473 g/mol. The number of hydrogen-bond acceptors (Lipinski definition) is 5. The van der Waals surface area contributed by atoms with E-state index >= 15 is 0 Å². The summed E-state index contributed by atoms with van der Waals surface area (Å²) in [7, 11) is -8.44. The quantitative estimate of drug-likeness (QED) is 0.694. The Bertz CT molecular complexity index is 1140. The highest BCUT2D eigenvalue weighted by molar-refractivity contribution is 7.91. The lowest BCUT2D eigenvalue weighted by molar-refractivity contribution is 0.102. The lowest BCUT2D eigenvalue weighted by Gasteiger charge is -2.20. The van der Waals surface area contributed by atoms with Crippen molar-refractivity contribution in [1.82, 2.24) is 4.31 Å². The molecule has 0 spiro atoms. The Morgan fingerprint density at radius 2 is 1.48 bits per heavy atom. The molecule has 0 radical (unpaired) electrons. The van der Waals surface area contributed by atoms with Gasteiger partial charge in [0.15, 0.2) is 0 Å². The number of amides is 1. The molecule has 31 heavy (non-hydrogen) atoms. The maximum Gasteiger partial charge on any atom is 0.341 e. The first kappa shape index (κ1) is 23.3. The molecule has 1 N–H and O–H groups in total. The third kappa shape index (κ3) is 5.28. The standard InChI is InChI=1S/C20H22F2N2O5S2/c21-20(22)30(26,27)18-7-5-6-16(14-18)23-19(25)15-8-10-17(11-9-15)31(28,29)24-12-3-1-2-4-13-24/h5-11,14,20H,1-4,12-13H2,(H,23,25). The molecule has 1 amide bonds. The molecule has 1 heterocycles. The molecule has 1 aliphatic rings. The Kier molecular flexibility index (Phi) is 7.07. The lowest BCUT2D eigenvalue weighted by atomic mass is 10.2. The molecule has 0 bridgehead atoms. The minimum atomic E-state index is -4.79. The zero-order valence-electron chi connectivity index (χ0n) is 16.5. The minimum Gasteiger partial charge on any atom is -0.322 e. The van der Waals surface area contributed by atoms with E-state index < -0.39 is 36.4 Å². The number of carbonyl (C=O) groups excluding carboxylic acids is 1. The summed E-state index contributed by atoms with van der Waals surface area (Å²) < 4.78 is 75.7. The highest BCUT2D eigenvalue weighted by Crippen LogP contribution is 2.23. The molecule has 0 unspecified atom stereocenters. The van der Waals surface area contributed by atoms with Crippen LogP contribution in [0.1, 0.15) is 36.0 Å². The normalized spacial score (nSPS) is 16.1. The summed E-state index contributed by atoms with van der Waals surface area (Å²) in [5.41, 5.74) is 0.157. The second kappa shape index (κ2) is 9.41. The molecule has 168 valence electrons. The van der Waals surface area contributed by atoms with E-state index in [1.807, 2.05) is 0 Å². The number of carbonyl (C=O) groups is 1. The number of halogens is 2. The second-order valence-electron chi connectivity index (χ2n) is 7.13. The molecule has 11 heteroatoms. The molecule has 1 aliphatic heterocycles. The monoisotopic (exact) mass is 472 g/mol. The summed E-state index contributed by atoms with van der Waals surface area (Å²) >= 11 is 0. The largest absolute Gasteiger partial charge is 0.341 e. The SMILES string of the molecule is O=C(Nc1cccc(S(=O)(=O)C(F)F)c1)c1ccc(S(=O)(=O)N2CCCCCC2)cc1. The first-order valence-electron chi connectivity index (χ1n) is 9.66. The summed E-state index contributed by atoms with van der Waals surface area (Å²) in [5, 5.41) is 2.43. The average Bonchev–Trinajstić information content (AvgIpc) is 3.04. The topological polar surface area (TPSA) is 101 Å². The van der Waals surface area contributed by atoms with Crippen molar-refractivity contribution in [3.05, 3.63) is 54.1 Å². The molecular weight excluding hydrogens is 450 g/mol. The van der Waals surface area contributed by atoms with Gasteiger partial charge < -0.3 is 5.32 Å². The summed E-state index contributed by atoms with van der Waals surface area (Å²) in [5.74, 6) is -4.21. The predicted molar refractivity (Wildman–Crippen MR) is 111 cm³/mol. The van der Waals surface area contributed by atoms with Crippen LogP contribution in [0.2, 0.25) is 0 Å². The van der Waals surface area contributed by atoms with Crippen LogP contribution in [-0.2, 0) is 19.9 Å². The molecular formula is C20H22F2N2O5S2.